The molecule has 0 amide bonds. The number of methoxy groups -OCH3 is 1. The molecule has 74 valence electrons. The third kappa shape index (κ3) is 2.58. The summed E-state index contributed by atoms with van der Waals surface area (Å²) in [5, 5.41) is 8.52. The number of carboxylic acids is 1. The van der Waals surface area contributed by atoms with Gasteiger partial charge in [-0.1, -0.05) is 0 Å². The van der Waals surface area contributed by atoms with E-state index in [1.54, 1.807) is 25.3 Å². The van der Waals surface area contributed by atoms with Crippen LogP contribution in [0.4, 0.5) is 0 Å². The van der Waals surface area contributed by atoms with Crippen LogP contribution in [-0.4, -0.2) is 23.2 Å². The number of ether oxygens (including phenoxy) is 1. The predicted octanol–water partition coefficient (Wildman–Crippen LogP) is 1.58. The third-order valence-electron chi connectivity index (χ3n) is 1.74. The number of pyridine rings is 1. The maximum absolute atomic E-state index is 10.4. The zero-order chi connectivity index (χ0) is 10.6. The van der Waals surface area contributed by atoms with Gasteiger partial charge >= 0.3 is 5.97 Å². The number of aliphatic carboxylic acids is 1. The zero-order valence-corrected chi connectivity index (χ0v) is 8.02. The number of hydrogen-bond acceptors (Lipinski definition) is 3. The molecule has 0 aromatic carbocycles. The van der Waals surface area contributed by atoms with E-state index in [0.29, 0.717) is 11.5 Å². The highest BCUT2D eigenvalue weighted by Crippen LogP contribution is 2.14. The zero-order valence-electron chi connectivity index (χ0n) is 8.02. The van der Waals surface area contributed by atoms with Crippen molar-refractivity contribution < 1.29 is 14.6 Å². The minimum atomic E-state index is -0.960. The molecule has 4 nitrogen and oxygen atoms in total. The molecule has 0 spiro atoms. The van der Waals surface area contributed by atoms with Gasteiger partial charge in [-0.05, 0) is 24.1 Å². The van der Waals surface area contributed by atoms with Crippen LogP contribution in [-0.2, 0) is 4.79 Å². The van der Waals surface area contributed by atoms with Gasteiger partial charge in [0.1, 0.15) is 0 Å². The number of aromatic nitrogens is 1. The Hall–Kier alpha value is -1.84. The summed E-state index contributed by atoms with van der Waals surface area (Å²) >= 11 is 0. The number of carboxylic acid groups (broad SMARTS) is 1. The second kappa shape index (κ2) is 4.41. The standard InChI is InChI=1S/C10H11NO3/c1-7(5-10(12)13)8-3-4-9(14-2)11-6-8/h3-6H,1-2H3,(H,12,13)/b7-5+. The Morgan fingerprint density at radius 3 is 2.71 bits per heavy atom. The molecule has 0 aliphatic heterocycles. The first-order valence-corrected chi connectivity index (χ1v) is 4.05. The SMILES string of the molecule is COc1ccc(/C(C)=C/C(=O)O)cn1. The predicted molar refractivity (Wildman–Crippen MR) is 52.1 cm³/mol. The molecule has 0 unspecified atom stereocenters. The smallest absolute Gasteiger partial charge is 0.328 e. The van der Waals surface area contributed by atoms with Crippen LogP contribution in [0, 0.1) is 0 Å². The van der Waals surface area contributed by atoms with Gasteiger partial charge in [-0.25, -0.2) is 9.78 Å². The normalized spacial score (nSPS) is 11.1. The molecular weight excluding hydrogens is 182 g/mol. The Labute approximate surface area is 81.9 Å². The van der Waals surface area contributed by atoms with Crippen molar-refractivity contribution in [3.05, 3.63) is 30.0 Å². The Morgan fingerprint density at radius 1 is 1.57 bits per heavy atom. The fourth-order valence-electron chi connectivity index (χ4n) is 1.00. The van der Waals surface area contributed by atoms with Gasteiger partial charge in [-0.2, -0.15) is 0 Å². The average Bonchev–Trinajstić information content (AvgIpc) is 2.17. The molecule has 1 heterocycles. The summed E-state index contributed by atoms with van der Waals surface area (Å²) in [7, 11) is 1.53. The van der Waals surface area contributed by atoms with E-state index in [-0.39, 0.29) is 0 Å². The quantitative estimate of drug-likeness (QED) is 0.740. The molecule has 0 fully saturated rings. The second-order valence-electron chi connectivity index (χ2n) is 2.75. The molecule has 0 aliphatic rings. The summed E-state index contributed by atoms with van der Waals surface area (Å²) < 4.78 is 4.88. The first kappa shape index (κ1) is 10.2. The highest BCUT2D eigenvalue weighted by atomic mass is 16.5. The number of rotatable bonds is 3. The maximum Gasteiger partial charge on any atom is 0.328 e. The highest BCUT2D eigenvalue weighted by molar-refractivity contribution is 5.89. The molecule has 4 heteroatoms. The summed E-state index contributed by atoms with van der Waals surface area (Å²) in [6, 6.07) is 3.45. The van der Waals surface area contributed by atoms with Crippen LogP contribution in [0.2, 0.25) is 0 Å². The minimum absolute atomic E-state index is 0.511. The Kier molecular flexibility index (Phi) is 3.23. The molecule has 0 radical (unpaired) electrons. The molecule has 1 rings (SSSR count). The number of hydrogen-bond donors (Lipinski definition) is 1. The number of carbonyl (C=O) groups is 1. The monoisotopic (exact) mass is 193 g/mol. The van der Waals surface area contributed by atoms with Gasteiger partial charge in [-0.3, -0.25) is 0 Å². The summed E-state index contributed by atoms with van der Waals surface area (Å²) in [5.41, 5.74) is 1.43. The minimum Gasteiger partial charge on any atom is -0.481 e. The van der Waals surface area contributed by atoms with Crippen LogP contribution < -0.4 is 4.74 Å². The van der Waals surface area contributed by atoms with E-state index in [1.165, 1.54) is 7.11 Å². The van der Waals surface area contributed by atoms with Crippen molar-refractivity contribution in [2.24, 2.45) is 0 Å². The van der Waals surface area contributed by atoms with Crippen LogP contribution in [0.1, 0.15) is 12.5 Å². The Bertz CT molecular complexity index is 354. The van der Waals surface area contributed by atoms with Gasteiger partial charge in [0.15, 0.2) is 0 Å². The second-order valence-corrected chi connectivity index (χ2v) is 2.75. The van der Waals surface area contributed by atoms with Crippen molar-refractivity contribution in [1.82, 2.24) is 4.98 Å². The summed E-state index contributed by atoms with van der Waals surface area (Å²) in [4.78, 5) is 14.4. The summed E-state index contributed by atoms with van der Waals surface area (Å²) in [6.07, 6.45) is 2.72. The topological polar surface area (TPSA) is 59.4 Å². The molecule has 0 saturated carbocycles. The number of allylic oxidation sites excluding steroid dienone is 1. The Balaban J connectivity index is 2.92. The highest BCUT2D eigenvalue weighted by Gasteiger charge is 1.99. The van der Waals surface area contributed by atoms with Crippen molar-refractivity contribution in [1.29, 1.82) is 0 Å². The van der Waals surface area contributed by atoms with Crippen LogP contribution in [0.15, 0.2) is 24.4 Å². The van der Waals surface area contributed by atoms with Crippen molar-refractivity contribution >= 4 is 11.5 Å². The lowest BCUT2D eigenvalue weighted by molar-refractivity contribution is -0.131. The molecule has 0 bridgehead atoms. The van der Waals surface area contributed by atoms with Gasteiger partial charge in [0.2, 0.25) is 5.88 Å². The van der Waals surface area contributed by atoms with Gasteiger partial charge in [0.25, 0.3) is 0 Å². The lowest BCUT2D eigenvalue weighted by Crippen LogP contribution is -1.92. The first-order chi connectivity index (χ1) is 6.63. The fourth-order valence-corrected chi connectivity index (χ4v) is 1.00. The van der Waals surface area contributed by atoms with E-state index < -0.39 is 5.97 Å². The van der Waals surface area contributed by atoms with Gasteiger partial charge in [-0.15, -0.1) is 0 Å². The summed E-state index contributed by atoms with van der Waals surface area (Å²) in [5.74, 6) is -0.449. The third-order valence-corrected chi connectivity index (χ3v) is 1.74. The first-order valence-electron chi connectivity index (χ1n) is 4.05. The lowest BCUT2D eigenvalue weighted by atomic mass is 10.1. The molecule has 1 aromatic rings. The van der Waals surface area contributed by atoms with Crippen molar-refractivity contribution in [3.8, 4) is 5.88 Å². The van der Waals surface area contributed by atoms with Crippen LogP contribution in [0.25, 0.3) is 5.57 Å². The molecule has 14 heavy (non-hydrogen) atoms. The van der Waals surface area contributed by atoms with Crippen LogP contribution in [0.5, 0.6) is 5.88 Å². The van der Waals surface area contributed by atoms with E-state index in [1.807, 2.05) is 0 Å². The molecule has 1 N–H and O–H groups in total. The Morgan fingerprint density at radius 2 is 2.29 bits per heavy atom. The van der Waals surface area contributed by atoms with E-state index >= 15 is 0 Å². The summed E-state index contributed by atoms with van der Waals surface area (Å²) in [6.45, 7) is 1.72. The van der Waals surface area contributed by atoms with Crippen LogP contribution >= 0.6 is 0 Å². The fraction of sp³-hybridized carbons (Fsp3) is 0.200. The molecule has 0 aliphatic carbocycles. The molecule has 0 atom stereocenters. The van der Waals surface area contributed by atoms with Crippen molar-refractivity contribution in [3.63, 3.8) is 0 Å². The average molecular weight is 193 g/mol. The number of nitrogens with zero attached hydrogens (tertiary/aromatic N) is 1. The molecular formula is C10H11NO3. The maximum atomic E-state index is 10.4. The lowest BCUT2D eigenvalue weighted by Gasteiger charge is -2.01. The van der Waals surface area contributed by atoms with Gasteiger partial charge < -0.3 is 9.84 Å². The molecule has 0 saturated heterocycles. The van der Waals surface area contributed by atoms with E-state index in [0.717, 1.165) is 11.6 Å². The van der Waals surface area contributed by atoms with Gasteiger partial charge in [0.05, 0.1) is 7.11 Å². The van der Waals surface area contributed by atoms with Crippen LogP contribution in [0.3, 0.4) is 0 Å². The molecule has 1 aromatic heterocycles. The largest absolute Gasteiger partial charge is 0.481 e. The van der Waals surface area contributed by atoms with E-state index in [4.69, 9.17) is 9.84 Å². The van der Waals surface area contributed by atoms with Crippen molar-refractivity contribution in [2.75, 3.05) is 7.11 Å². The van der Waals surface area contributed by atoms with Gasteiger partial charge in [0, 0.05) is 18.3 Å². The van der Waals surface area contributed by atoms with Crippen molar-refractivity contribution in [2.45, 2.75) is 6.92 Å². The van der Waals surface area contributed by atoms with E-state index in [9.17, 15) is 4.79 Å². The van der Waals surface area contributed by atoms with E-state index in [2.05, 4.69) is 4.98 Å².